The van der Waals surface area contributed by atoms with E-state index < -0.39 is 0 Å². The molecule has 3 nitrogen and oxygen atoms in total. The van der Waals surface area contributed by atoms with E-state index in [1.54, 1.807) is 0 Å². The molecule has 1 unspecified atom stereocenters. The Bertz CT molecular complexity index is 111. The predicted molar refractivity (Wildman–Crippen MR) is 49.9 cm³/mol. The van der Waals surface area contributed by atoms with Gasteiger partial charge in [-0.15, -0.1) is 0 Å². The van der Waals surface area contributed by atoms with Gasteiger partial charge in [-0.2, -0.15) is 0 Å². The van der Waals surface area contributed by atoms with Crippen molar-refractivity contribution in [3.8, 4) is 0 Å². The molecule has 0 aromatic rings. The molecular formula is C9H20N2O. The summed E-state index contributed by atoms with van der Waals surface area (Å²) in [5, 5.41) is 2.00. The Morgan fingerprint density at radius 3 is 2.92 bits per heavy atom. The molecule has 1 N–H and O–H groups in total. The van der Waals surface area contributed by atoms with Crippen LogP contribution in [0.3, 0.4) is 0 Å². The first-order valence-corrected chi connectivity index (χ1v) is 4.81. The van der Waals surface area contributed by atoms with Crippen molar-refractivity contribution in [2.24, 2.45) is 0 Å². The second-order valence-corrected chi connectivity index (χ2v) is 3.58. The summed E-state index contributed by atoms with van der Waals surface area (Å²) in [6.07, 6.45) is 5.49. The third-order valence-corrected chi connectivity index (χ3v) is 2.15. The van der Waals surface area contributed by atoms with Crippen molar-refractivity contribution in [1.29, 1.82) is 0 Å². The summed E-state index contributed by atoms with van der Waals surface area (Å²) in [5.74, 6) is 0. The molecule has 1 heterocycles. The Morgan fingerprint density at radius 1 is 1.50 bits per heavy atom. The number of nitrogens with one attached hydrogen (secondary N) is 1. The summed E-state index contributed by atoms with van der Waals surface area (Å²) >= 11 is 0. The molecule has 72 valence electrons. The van der Waals surface area contributed by atoms with Crippen LogP contribution in [0.25, 0.3) is 0 Å². The lowest BCUT2D eigenvalue weighted by atomic mass is 10.1. The normalized spacial score (nSPS) is 23.8. The summed E-state index contributed by atoms with van der Waals surface area (Å²) in [6.45, 7) is 2.04. The minimum Gasteiger partial charge on any atom is -0.378 e. The van der Waals surface area contributed by atoms with Crippen LogP contribution in [-0.2, 0) is 4.74 Å². The van der Waals surface area contributed by atoms with E-state index in [9.17, 15) is 0 Å². The van der Waals surface area contributed by atoms with Crippen LogP contribution in [-0.4, -0.2) is 38.4 Å². The summed E-state index contributed by atoms with van der Waals surface area (Å²) in [6, 6.07) is 0. The standard InChI is InChI=1S/C9H20N2O/c1-11(2)10-7-3-5-9-6-4-8-12-9/h9-10H,3-8H2,1-2H3. The van der Waals surface area contributed by atoms with Crippen LogP contribution in [0.5, 0.6) is 0 Å². The maximum Gasteiger partial charge on any atom is 0.0576 e. The van der Waals surface area contributed by atoms with E-state index in [0.717, 1.165) is 13.2 Å². The van der Waals surface area contributed by atoms with E-state index in [0.29, 0.717) is 6.10 Å². The van der Waals surface area contributed by atoms with Gasteiger partial charge < -0.3 is 4.74 Å². The Kier molecular flexibility index (Phi) is 4.58. The van der Waals surface area contributed by atoms with Gasteiger partial charge in [-0.3, -0.25) is 10.4 Å². The number of hydrogen-bond donors (Lipinski definition) is 1. The minimum atomic E-state index is 0.550. The van der Waals surface area contributed by atoms with Crippen LogP contribution in [0.4, 0.5) is 0 Å². The minimum absolute atomic E-state index is 0.550. The van der Waals surface area contributed by atoms with Crippen LogP contribution in [0.2, 0.25) is 0 Å². The molecule has 1 fully saturated rings. The number of ether oxygens (including phenoxy) is 1. The zero-order chi connectivity index (χ0) is 8.81. The highest BCUT2D eigenvalue weighted by molar-refractivity contribution is 4.64. The first-order valence-electron chi connectivity index (χ1n) is 4.81. The second-order valence-electron chi connectivity index (χ2n) is 3.58. The Labute approximate surface area is 75.0 Å². The number of hydrazine groups is 1. The summed E-state index contributed by atoms with van der Waals surface area (Å²) in [4.78, 5) is 0. The van der Waals surface area contributed by atoms with Gasteiger partial charge in [0.25, 0.3) is 0 Å². The van der Waals surface area contributed by atoms with Gasteiger partial charge in [-0.25, -0.2) is 0 Å². The van der Waals surface area contributed by atoms with Crippen molar-refractivity contribution >= 4 is 0 Å². The van der Waals surface area contributed by atoms with Crippen LogP contribution in [0.1, 0.15) is 25.7 Å². The molecule has 0 amide bonds. The third kappa shape index (κ3) is 4.04. The quantitative estimate of drug-likeness (QED) is 0.495. The smallest absolute Gasteiger partial charge is 0.0576 e. The monoisotopic (exact) mass is 172 g/mol. The van der Waals surface area contributed by atoms with Crippen molar-refractivity contribution in [3.05, 3.63) is 0 Å². The fourth-order valence-electron chi connectivity index (χ4n) is 1.50. The van der Waals surface area contributed by atoms with Gasteiger partial charge in [0.15, 0.2) is 0 Å². The topological polar surface area (TPSA) is 24.5 Å². The van der Waals surface area contributed by atoms with Crippen LogP contribution in [0, 0.1) is 0 Å². The van der Waals surface area contributed by atoms with Gasteiger partial charge in [0.2, 0.25) is 0 Å². The Hall–Kier alpha value is -0.120. The SMILES string of the molecule is CN(C)NCCCC1CCCO1. The molecule has 12 heavy (non-hydrogen) atoms. The van der Waals surface area contributed by atoms with Gasteiger partial charge >= 0.3 is 0 Å². The van der Waals surface area contributed by atoms with Crippen molar-refractivity contribution in [2.45, 2.75) is 31.8 Å². The van der Waals surface area contributed by atoms with E-state index in [2.05, 4.69) is 5.43 Å². The molecule has 3 heteroatoms. The molecule has 0 aromatic heterocycles. The van der Waals surface area contributed by atoms with E-state index >= 15 is 0 Å². The van der Waals surface area contributed by atoms with Crippen LogP contribution < -0.4 is 5.43 Å². The van der Waals surface area contributed by atoms with E-state index in [1.165, 1.54) is 25.7 Å². The fraction of sp³-hybridized carbons (Fsp3) is 1.00. The van der Waals surface area contributed by atoms with Crippen molar-refractivity contribution in [2.75, 3.05) is 27.2 Å². The lowest BCUT2D eigenvalue weighted by Gasteiger charge is -2.13. The largest absolute Gasteiger partial charge is 0.378 e. The van der Waals surface area contributed by atoms with E-state index in [-0.39, 0.29) is 0 Å². The van der Waals surface area contributed by atoms with Crippen molar-refractivity contribution in [1.82, 2.24) is 10.4 Å². The lowest BCUT2D eigenvalue weighted by molar-refractivity contribution is 0.101. The van der Waals surface area contributed by atoms with Crippen molar-refractivity contribution < 1.29 is 4.74 Å². The molecule has 1 saturated heterocycles. The van der Waals surface area contributed by atoms with E-state index in [1.807, 2.05) is 19.1 Å². The first-order chi connectivity index (χ1) is 5.79. The zero-order valence-electron chi connectivity index (χ0n) is 8.18. The second kappa shape index (κ2) is 5.51. The number of hydrogen-bond acceptors (Lipinski definition) is 3. The van der Waals surface area contributed by atoms with Gasteiger partial charge in [-0.1, -0.05) is 0 Å². The highest BCUT2D eigenvalue weighted by Gasteiger charge is 2.14. The summed E-state index contributed by atoms with van der Waals surface area (Å²) < 4.78 is 5.52. The zero-order valence-corrected chi connectivity index (χ0v) is 8.18. The van der Waals surface area contributed by atoms with Gasteiger partial charge in [0.05, 0.1) is 6.10 Å². The molecular weight excluding hydrogens is 152 g/mol. The van der Waals surface area contributed by atoms with E-state index in [4.69, 9.17) is 4.74 Å². The third-order valence-electron chi connectivity index (χ3n) is 2.15. The number of rotatable bonds is 5. The highest BCUT2D eigenvalue weighted by Crippen LogP contribution is 2.16. The average molecular weight is 172 g/mol. The van der Waals surface area contributed by atoms with Gasteiger partial charge in [0, 0.05) is 27.2 Å². The molecule has 1 aliphatic heterocycles. The summed E-state index contributed by atoms with van der Waals surface area (Å²) in [5.41, 5.74) is 3.25. The molecule has 1 rings (SSSR count). The molecule has 0 spiro atoms. The number of nitrogens with zero attached hydrogens (tertiary/aromatic N) is 1. The Morgan fingerprint density at radius 2 is 2.33 bits per heavy atom. The molecule has 0 saturated carbocycles. The molecule has 1 aliphatic rings. The predicted octanol–water partition coefficient (Wildman–Crippen LogP) is 1.01. The van der Waals surface area contributed by atoms with Gasteiger partial charge in [0.1, 0.15) is 0 Å². The molecule has 0 radical (unpaired) electrons. The molecule has 1 atom stereocenters. The maximum absolute atomic E-state index is 5.52. The fourth-order valence-corrected chi connectivity index (χ4v) is 1.50. The van der Waals surface area contributed by atoms with Crippen LogP contribution in [0.15, 0.2) is 0 Å². The molecule has 0 aliphatic carbocycles. The molecule has 0 bridgehead atoms. The van der Waals surface area contributed by atoms with Gasteiger partial charge in [-0.05, 0) is 25.7 Å². The lowest BCUT2D eigenvalue weighted by Crippen LogP contribution is -2.31. The van der Waals surface area contributed by atoms with Crippen LogP contribution >= 0.6 is 0 Å². The average Bonchev–Trinajstić information content (AvgIpc) is 2.49. The highest BCUT2D eigenvalue weighted by atomic mass is 16.5. The Balaban J connectivity index is 1.88. The molecule has 0 aromatic carbocycles. The maximum atomic E-state index is 5.52. The summed E-state index contributed by atoms with van der Waals surface area (Å²) in [7, 11) is 4.04. The first kappa shape index (κ1) is 9.96. The van der Waals surface area contributed by atoms with Crippen molar-refractivity contribution in [3.63, 3.8) is 0 Å².